The standard InChI is InChI=1S/C40H39ClN2O7/c1-49-31-18-22(19-32(50-2)35(31)44)34-27-16-17-28-33(38(47)42(36(28)45)25-13-7-4-8-14-25)29(27)21-30-37(46)43(26-15-9-12-24(41)20-26)39(48)40(30,34)23-10-5-3-6-11-23/h3,5-6,9-12,15-16,18-20,25,28-30,33-34,44H,4,7-8,13-14,17,21H2,1-2H3. The van der Waals surface area contributed by atoms with Gasteiger partial charge in [0, 0.05) is 17.0 Å². The molecule has 2 heterocycles. The van der Waals surface area contributed by atoms with Crippen LogP contribution in [0.2, 0.25) is 5.02 Å². The first kappa shape index (κ1) is 32.6. The highest BCUT2D eigenvalue weighted by molar-refractivity contribution is 6.32. The number of hydrogen-bond acceptors (Lipinski definition) is 7. The lowest BCUT2D eigenvalue weighted by Gasteiger charge is -2.50. The summed E-state index contributed by atoms with van der Waals surface area (Å²) in [5.41, 5.74) is 0.999. The molecule has 2 aliphatic heterocycles. The summed E-state index contributed by atoms with van der Waals surface area (Å²) in [4.78, 5) is 61.7. The minimum absolute atomic E-state index is 0.112. The van der Waals surface area contributed by atoms with Gasteiger partial charge in [-0.3, -0.25) is 24.1 Å². The van der Waals surface area contributed by atoms with Gasteiger partial charge in [0.2, 0.25) is 29.4 Å². The van der Waals surface area contributed by atoms with Gasteiger partial charge in [0.15, 0.2) is 11.5 Å². The first-order chi connectivity index (χ1) is 24.2. The van der Waals surface area contributed by atoms with Crippen LogP contribution in [0.3, 0.4) is 0 Å². The second kappa shape index (κ2) is 12.3. The fourth-order valence-electron chi connectivity index (χ4n) is 9.92. The Labute approximate surface area is 295 Å². The third kappa shape index (κ3) is 4.58. The molecule has 258 valence electrons. The van der Waals surface area contributed by atoms with E-state index in [0.717, 1.165) is 37.7 Å². The molecule has 50 heavy (non-hydrogen) atoms. The second-order valence-electron chi connectivity index (χ2n) is 14.2. The fraction of sp³-hybridized carbons (Fsp3) is 0.400. The first-order valence-electron chi connectivity index (χ1n) is 17.4. The number of halogens is 1. The summed E-state index contributed by atoms with van der Waals surface area (Å²) >= 11 is 6.41. The van der Waals surface area contributed by atoms with Crippen molar-refractivity contribution in [1.82, 2.24) is 4.90 Å². The second-order valence-corrected chi connectivity index (χ2v) is 14.6. The van der Waals surface area contributed by atoms with E-state index >= 15 is 4.79 Å². The minimum Gasteiger partial charge on any atom is -0.502 e. The number of likely N-dealkylation sites (tertiary alicyclic amines) is 1. The number of carbonyl (C=O) groups excluding carboxylic acids is 4. The van der Waals surface area contributed by atoms with Crippen LogP contribution in [-0.2, 0) is 24.6 Å². The number of amides is 4. The van der Waals surface area contributed by atoms with E-state index in [4.69, 9.17) is 21.1 Å². The molecule has 3 aromatic rings. The van der Waals surface area contributed by atoms with E-state index in [0.29, 0.717) is 28.3 Å². The number of nitrogens with zero attached hydrogens (tertiary/aromatic N) is 2. The third-order valence-electron chi connectivity index (χ3n) is 12.0. The van der Waals surface area contributed by atoms with Crippen LogP contribution in [0.15, 0.2) is 78.4 Å². The van der Waals surface area contributed by atoms with Crippen LogP contribution in [0.25, 0.3) is 0 Å². The number of ether oxygens (including phenoxy) is 2. The number of fused-ring (bicyclic) bond motifs is 4. The van der Waals surface area contributed by atoms with Crippen molar-refractivity contribution in [2.45, 2.75) is 62.3 Å². The third-order valence-corrected chi connectivity index (χ3v) is 12.2. The molecule has 3 aliphatic carbocycles. The molecule has 10 heteroatoms. The van der Waals surface area contributed by atoms with Crippen molar-refractivity contribution in [2.24, 2.45) is 23.7 Å². The molecule has 6 unspecified atom stereocenters. The van der Waals surface area contributed by atoms with Gasteiger partial charge >= 0.3 is 0 Å². The first-order valence-corrected chi connectivity index (χ1v) is 17.8. The van der Waals surface area contributed by atoms with E-state index in [2.05, 4.69) is 0 Å². The van der Waals surface area contributed by atoms with E-state index in [1.807, 2.05) is 36.4 Å². The number of carbonyl (C=O) groups is 4. The van der Waals surface area contributed by atoms with Crippen LogP contribution in [0.4, 0.5) is 5.69 Å². The Balaban J connectivity index is 1.37. The SMILES string of the molecule is COc1cc(C2C3=CCC4C(=O)N(C5CCCCC5)C(=O)C4C3CC3C(=O)N(c4cccc(Cl)c4)C(=O)C32c2ccccc2)cc(OC)c1O. The lowest BCUT2D eigenvalue weighted by Crippen LogP contribution is -2.53. The van der Waals surface area contributed by atoms with Crippen LogP contribution in [0, 0.1) is 23.7 Å². The summed E-state index contributed by atoms with van der Waals surface area (Å²) in [6, 6.07) is 19.3. The van der Waals surface area contributed by atoms with Gasteiger partial charge in [0.25, 0.3) is 0 Å². The number of aromatic hydroxyl groups is 1. The number of anilines is 1. The van der Waals surface area contributed by atoms with Crippen molar-refractivity contribution >= 4 is 40.9 Å². The largest absolute Gasteiger partial charge is 0.502 e. The number of imide groups is 2. The molecular weight excluding hydrogens is 656 g/mol. The van der Waals surface area contributed by atoms with Crippen LogP contribution < -0.4 is 14.4 Å². The van der Waals surface area contributed by atoms with E-state index < -0.39 is 40.9 Å². The number of phenols is 1. The molecular formula is C40H39ClN2O7. The lowest BCUT2D eigenvalue weighted by atomic mass is 9.49. The minimum atomic E-state index is -1.45. The normalized spacial score (nSPS) is 29.4. The maximum atomic E-state index is 15.4. The molecule has 8 rings (SSSR count). The smallest absolute Gasteiger partial charge is 0.246 e. The van der Waals surface area contributed by atoms with E-state index in [9.17, 15) is 19.5 Å². The molecule has 9 nitrogen and oxygen atoms in total. The zero-order valence-electron chi connectivity index (χ0n) is 28.0. The topological polar surface area (TPSA) is 113 Å². The van der Waals surface area contributed by atoms with Gasteiger partial charge in [-0.25, -0.2) is 4.90 Å². The van der Waals surface area contributed by atoms with Crippen molar-refractivity contribution in [2.75, 3.05) is 19.1 Å². The summed E-state index contributed by atoms with van der Waals surface area (Å²) in [6.45, 7) is 0. The van der Waals surface area contributed by atoms with Gasteiger partial charge in [-0.2, -0.15) is 0 Å². The summed E-state index contributed by atoms with van der Waals surface area (Å²) in [6.07, 6.45) is 7.27. The Hall–Kier alpha value is -4.63. The molecule has 0 radical (unpaired) electrons. The van der Waals surface area contributed by atoms with Crippen LogP contribution in [-0.4, -0.2) is 53.9 Å². The molecule has 0 spiro atoms. The van der Waals surface area contributed by atoms with Gasteiger partial charge in [-0.1, -0.05) is 78.9 Å². The summed E-state index contributed by atoms with van der Waals surface area (Å²) in [7, 11) is 2.88. The lowest BCUT2D eigenvalue weighted by molar-refractivity contribution is -0.143. The number of phenolic OH excluding ortho intramolecular Hbond substituents is 1. The number of allylic oxidation sites excluding steroid dienone is 2. The van der Waals surface area contributed by atoms with E-state index in [1.165, 1.54) is 19.1 Å². The molecule has 0 aromatic heterocycles. The zero-order valence-corrected chi connectivity index (χ0v) is 28.8. The molecule has 3 aromatic carbocycles. The number of rotatable bonds is 6. The summed E-state index contributed by atoms with van der Waals surface area (Å²) < 4.78 is 11.2. The molecule has 2 saturated carbocycles. The molecule has 0 bridgehead atoms. The highest BCUT2D eigenvalue weighted by atomic mass is 35.5. The van der Waals surface area contributed by atoms with E-state index in [1.54, 1.807) is 41.3 Å². The van der Waals surface area contributed by atoms with Crippen LogP contribution in [0.5, 0.6) is 17.2 Å². The number of benzene rings is 3. The highest BCUT2D eigenvalue weighted by Gasteiger charge is 2.70. The Morgan fingerprint density at radius 3 is 2.18 bits per heavy atom. The molecule has 4 amide bonds. The van der Waals surface area contributed by atoms with Crippen LogP contribution >= 0.6 is 11.6 Å². The van der Waals surface area contributed by atoms with E-state index in [-0.39, 0.29) is 47.4 Å². The molecule has 1 N–H and O–H groups in total. The van der Waals surface area contributed by atoms with Crippen molar-refractivity contribution in [1.29, 1.82) is 0 Å². The van der Waals surface area contributed by atoms with Gasteiger partial charge in [-0.15, -0.1) is 0 Å². The Morgan fingerprint density at radius 1 is 0.820 bits per heavy atom. The van der Waals surface area contributed by atoms with Gasteiger partial charge < -0.3 is 14.6 Å². The predicted molar refractivity (Wildman–Crippen MR) is 186 cm³/mol. The van der Waals surface area contributed by atoms with Crippen molar-refractivity contribution in [3.05, 3.63) is 94.5 Å². The van der Waals surface area contributed by atoms with Crippen molar-refractivity contribution in [3.63, 3.8) is 0 Å². The summed E-state index contributed by atoms with van der Waals surface area (Å²) in [5.74, 6) is -4.29. The van der Waals surface area contributed by atoms with Crippen molar-refractivity contribution in [3.8, 4) is 17.2 Å². The molecule has 5 aliphatic rings. The quantitative estimate of drug-likeness (QED) is 0.230. The maximum absolute atomic E-state index is 15.4. The number of methoxy groups -OCH3 is 2. The highest BCUT2D eigenvalue weighted by Crippen LogP contribution is 2.65. The van der Waals surface area contributed by atoms with Gasteiger partial charge in [0.05, 0.1) is 43.1 Å². The zero-order chi connectivity index (χ0) is 34.9. The predicted octanol–water partition coefficient (Wildman–Crippen LogP) is 6.56. The number of hydrogen-bond donors (Lipinski definition) is 1. The van der Waals surface area contributed by atoms with Crippen LogP contribution in [0.1, 0.15) is 62.0 Å². The van der Waals surface area contributed by atoms with Crippen molar-refractivity contribution < 1.29 is 33.8 Å². The molecule has 6 atom stereocenters. The Bertz CT molecular complexity index is 1910. The Kier molecular flexibility index (Phi) is 8.01. The molecule has 4 fully saturated rings. The average Bonchev–Trinajstić information content (AvgIpc) is 3.53. The monoisotopic (exact) mass is 694 g/mol. The molecule has 2 saturated heterocycles. The fourth-order valence-corrected chi connectivity index (χ4v) is 10.1. The summed E-state index contributed by atoms with van der Waals surface area (Å²) in [5, 5.41) is 11.4. The maximum Gasteiger partial charge on any atom is 0.246 e. The van der Waals surface area contributed by atoms with Gasteiger partial charge in [0.1, 0.15) is 0 Å². The average molecular weight is 695 g/mol. The van der Waals surface area contributed by atoms with Gasteiger partial charge in [-0.05, 0) is 73.1 Å². The Morgan fingerprint density at radius 2 is 1.52 bits per heavy atom.